The number of nitrogens with zero attached hydrogens (tertiary/aromatic N) is 1. The molecule has 0 saturated carbocycles. The number of hydrogen-bond acceptors (Lipinski definition) is 7. The van der Waals surface area contributed by atoms with E-state index in [-0.39, 0.29) is 33.9 Å². The summed E-state index contributed by atoms with van der Waals surface area (Å²) in [7, 11) is -2.43. The standard InChI is InChI=1S/C20H21ClN2O7S/c1-27-16-4-2-13(10-15(16)21)22-31(25,26)14-3-5-17-18(11-14)29-12-19(30-17)20(24)23-6-8-28-9-7-23/h2-5,10-11,19,22H,6-9,12H2,1H3/t19-/m0/s1. The van der Waals surface area contributed by atoms with E-state index < -0.39 is 16.1 Å². The molecule has 0 bridgehead atoms. The highest BCUT2D eigenvalue weighted by molar-refractivity contribution is 7.92. The van der Waals surface area contributed by atoms with Crippen LogP contribution in [0.15, 0.2) is 41.3 Å². The maximum absolute atomic E-state index is 12.8. The Kier molecular flexibility index (Phi) is 6.12. The van der Waals surface area contributed by atoms with Crippen LogP contribution in [0, 0.1) is 0 Å². The van der Waals surface area contributed by atoms with E-state index in [9.17, 15) is 13.2 Å². The van der Waals surface area contributed by atoms with Crippen molar-refractivity contribution in [1.82, 2.24) is 4.90 Å². The lowest BCUT2D eigenvalue weighted by molar-refractivity contribution is -0.145. The highest BCUT2D eigenvalue weighted by Gasteiger charge is 2.32. The minimum atomic E-state index is -3.90. The third-order valence-corrected chi connectivity index (χ3v) is 6.56. The number of sulfonamides is 1. The van der Waals surface area contributed by atoms with Gasteiger partial charge in [-0.1, -0.05) is 11.6 Å². The fraction of sp³-hybridized carbons (Fsp3) is 0.350. The van der Waals surface area contributed by atoms with Crippen LogP contribution in [-0.4, -0.2) is 65.3 Å². The number of benzene rings is 2. The van der Waals surface area contributed by atoms with Gasteiger partial charge in [-0.2, -0.15) is 0 Å². The maximum Gasteiger partial charge on any atom is 0.267 e. The average molecular weight is 469 g/mol. The predicted molar refractivity (Wildman–Crippen MR) is 113 cm³/mol. The van der Waals surface area contributed by atoms with Crippen molar-refractivity contribution in [1.29, 1.82) is 0 Å². The van der Waals surface area contributed by atoms with Crippen molar-refractivity contribution in [3.8, 4) is 17.2 Å². The number of ether oxygens (including phenoxy) is 4. The van der Waals surface area contributed by atoms with Gasteiger partial charge in [0.05, 0.1) is 35.9 Å². The van der Waals surface area contributed by atoms with E-state index in [2.05, 4.69) is 4.72 Å². The van der Waals surface area contributed by atoms with Gasteiger partial charge >= 0.3 is 0 Å². The second kappa shape index (κ2) is 8.81. The first-order valence-corrected chi connectivity index (χ1v) is 11.4. The minimum Gasteiger partial charge on any atom is -0.495 e. The van der Waals surface area contributed by atoms with E-state index in [0.717, 1.165) is 0 Å². The molecule has 4 rings (SSSR count). The third-order valence-electron chi connectivity index (χ3n) is 4.89. The van der Waals surface area contributed by atoms with Crippen LogP contribution in [0.3, 0.4) is 0 Å². The lowest BCUT2D eigenvalue weighted by Crippen LogP contribution is -2.50. The molecule has 1 saturated heterocycles. The lowest BCUT2D eigenvalue weighted by atomic mass is 10.2. The molecule has 1 fully saturated rings. The van der Waals surface area contributed by atoms with Gasteiger partial charge in [0, 0.05) is 19.2 Å². The van der Waals surface area contributed by atoms with Gasteiger partial charge in [0.1, 0.15) is 12.4 Å². The monoisotopic (exact) mass is 468 g/mol. The fourth-order valence-corrected chi connectivity index (χ4v) is 4.59. The number of nitrogens with one attached hydrogen (secondary N) is 1. The lowest BCUT2D eigenvalue weighted by Gasteiger charge is -2.32. The number of carbonyl (C=O) groups excluding carboxylic acids is 1. The van der Waals surface area contributed by atoms with Crippen molar-refractivity contribution in [2.75, 3.05) is 44.7 Å². The zero-order valence-electron chi connectivity index (χ0n) is 16.7. The van der Waals surface area contributed by atoms with Crippen LogP contribution in [-0.2, 0) is 19.6 Å². The molecule has 11 heteroatoms. The molecule has 9 nitrogen and oxygen atoms in total. The molecular weight excluding hydrogens is 448 g/mol. The molecule has 2 aromatic carbocycles. The number of methoxy groups -OCH3 is 1. The Morgan fingerprint density at radius 2 is 1.94 bits per heavy atom. The van der Waals surface area contributed by atoms with Crippen LogP contribution in [0.2, 0.25) is 5.02 Å². The van der Waals surface area contributed by atoms with Gasteiger partial charge in [-0.05, 0) is 30.3 Å². The van der Waals surface area contributed by atoms with E-state index >= 15 is 0 Å². The van der Waals surface area contributed by atoms with Crippen LogP contribution in [0.25, 0.3) is 0 Å². The molecule has 31 heavy (non-hydrogen) atoms. The van der Waals surface area contributed by atoms with E-state index in [0.29, 0.717) is 37.8 Å². The zero-order valence-corrected chi connectivity index (χ0v) is 18.2. The number of carbonyl (C=O) groups is 1. The maximum atomic E-state index is 12.8. The summed E-state index contributed by atoms with van der Waals surface area (Å²) in [4.78, 5) is 14.3. The number of amides is 1. The quantitative estimate of drug-likeness (QED) is 0.717. The predicted octanol–water partition coefficient (Wildman–Crippen LogP) is 2.15. The normalized spacial score (nSPS) is 18.4. The molecule has 2 heterocycles. The molecule has 1 amide bonds. The number of anilines is 1. The summed E-state index contributed by atoms with van der Waals surface area (Å²) in [5.74, 6) is 0.819. The fourth-order valence-electron chi connectivity index (χ4n) is 3.27. The van der Waals surface area contributed by atoms with E-state index in [1.807, 2.05) is 0 Å². The molecule has 0 unspecified atom stereocenters. The Balaban J connectivity index is 1.48. The first-order valence-electron chi connectivity index (χ1n) is 9.54. The Morgan fingerprint density at radius 1 is 1.16 bits per heavy atom. The van der Waals surface area contributed by atoms with Gasteiger partial charge in [0.2, 0.25) is 6.10 Å². The second-order valence-corrected chi connectivity index (χ2v) is 9.01. The van der Waals surface area contributed by atoms with Crippen LogP contribution in [0.1, 0.15) is 0 Å². The Morgan fingerprint density at radius 3 is 2.65 bits per heavy atom. The molecule has 0 aromatic heterocycles. The highest BCUT2D eigenvalue weighted by Crippen LogP contribution is 2.35. The highest BCUT2D eigenvalue weighted by atomic mass is 35.5. The summed E-state index contributed by atoms with van der Waals surface area (Å²) in [5.41, 5.74) is 0.289. The first-order chi connectivity index (χ1) is 14.9. The molecule has 0 aliphatic carbocycles. The van der Waals surface area contributed by atoms with Crippen molar-refractivity contribution in [3.63, 3.8) is 0 Å². The van der Waals surface area contributed by atoms with Gasteiger partial charge in [-0.3, -0.25) is 9.52 Å². The van der Waals surface area contributed by atoms with Crippen molar-refractivity contribution >= 4 is 33.2 Å². The van der Waals surface area contributed by atoms with Gasteiger partial charge in [-0.15, -0.1) is 0 Å². The molecule has 166 valence electrons. The van der Waals surface area contributed by atoms with E-state index in [1.165, 1.54) is 31.4 Å². The SMILES string of the molecule is COc1ccc(NS(=O)(=O)c2ccc3c(c2)OC[C@@H](C(=O)N2CCOCC2)O3)cc1Cl. The summed E-state index contributed by atoms with van der Waals surface area (Å²) in [6.45, 7) is 1.98. The van der Waals surface area contributed by atoms with Gasteiger partial charge in [0.25, 0.3) is 15.9 Å². The Labute approximate surface area is 184 Å². The van der Waals surface area contributed by atoms with Crippen LogP contribution in [0.5, 0.6) is 17.2 Å². The van der Waals surface area contributed by atoms with Crippen LogP contribution in [0.4, 0.5) is 5.69 Å². The van der Waals surface area contributed by atoms with E-state index in [4.69, 9.17) is 30.5 Å². The average Bonchev–Trinajstić information content (AvgIpc) is 2.78. The van der Waals surface area contributed by atoms with Gasteiger partial charge in [-0.25, -0.2) is 8.42 Å². The van der Waals surface area contributed by atoms with E-state index in [1.54, 1.807) is 17.0 Å². The molecular formula is C20H21ClN2O7S. The number of hydrogen-bond donors (Lipinski definition) is 1. The minimum absolute atomic E-state index is 0.00575. The zero-order chi connectivity index (χ0) is 22.0. The third kappa shape index (κ3) is 4.65. The number of rotatable bonds is 5. The largest absolute Gasteiger partial charge is 0.495 e. The Bertz CT molecular complexity index is 1090. The molecule has 1 N–H and O–H groups in total. The number of fused-ring (bicyclic) bond motifs is 1. The van der Waals surface area contributed by atoms with Crippen LogP contribution < -0.4 is 18.9 Å². The summed E-state index contributed by atoms with van der Waals surface area (Å²) < 4.78 is 49.8. The summed E-state index contributed by atoms with van der Waals surface area (Å²) in [5, 5.41) is 0.279. The summed E-state index contributed by atoms with van der Waals surface area (Å²) in [6.07, 6.45) is -0.785. The topological polar surface area (TPSA) is 103 Å². The molecule has 2 aromatic rings. The number of halogens is 1. The van der Waals surface area contributed by atoms with Gasteiger partial charge < -0.3 is 23.8 Å². The molecule has 0 radical (unpaired) electrons. The molecule has 2 aliphatic heterocycles. The number of morpholine rings is 1. The first kappa shape index (κ1) is 21.5. The summed E-state index contributed by atoms with van der Waals surface area (Å²) >= 11 is 6.06. The molecule has 0 spiro atoms. The molecule has 1 atom stereocenters. The van der Waals surface area contributed by atoms with Gasteiger partial charge in [0.15, 0.2) is 11.5 Å². The van der Waals surface area contributed by atoms with Crippen molar-refractivity contribution in [3.05, 3.63) is 41.4 Å². The van der Waals surface area contributed by atoms with Crippen molar-refractivity contribution in [2.24, 2.45) is 0 Å². The Hall–Kier alpha value is -2.69. The molecule has 2 aliphatic rings. The van der Waals surface area contributed by atoms with Crippen LogP contribution >= 0.6 is 11.6 Å². The van der Waals surface area contributed by atoms with Crippen molar-refractivity contribution < 1.29 is 32.2 Å². The second-order valence-electron chi connectivity index (χ2n) is 6.92. The summed E-state index contributed by atoms with van der Waals surface area (Å²) in [6, 6.07) is 8.79. The smallest absolute Gasteiger partial charge is 0.267 e. The van der Waals surface area contributed by atoms with Crippen molar-refractivity contribution in [2.45, 2.75) is 11.0 Å².